The lowest BCUT2D eigenvalue weighted by atomic mass is 10.0. The van der Waals surface area contributed by atoms with Crippen LogP contribution in [0.1, 0.15) is 11.1 Å². The number of methoxy groups -OCH3 is 1. The van der Waals surface area contributed by atoms with E-state index in [4.69, 9.17) is 4.74 Å². The number of ether oxygens (including phenoxy) is 1. The molecular formula is C21H18BrNO. The number of benzene rings is 3. The Kier molecular flexibility index (Phi) is 5.44. The minimum absolute atomic E-state index is 0.702. The minimum atomic E-state index is 0.702. The van der Waals surface area contributed by atoms with E-state index in [1.807, 2.05) is 30.5 Å². The van der Waals surface area contributed by atoms with E-state index in [-0.39, 0.29) is 0 Å². The van der Waals surface area contributed by atoms with Crippen molar-refractivity contribution in [1.29, 1.82) is 0 Å². The monoisotopic (exact) mass is 379 g/mol. The van der Waals surface area contributed by atoms with Gasteiger partial charge < -0.3 is 4.74 Å². The molecule has 0 aromatic heterocycles. The summed E-state index contributed by atoms with van der Waals surface area (Å²) in [5.41, 5.74) is 4.63. The molecule has 3 aromatic rings. The van der Waals surface area contributed by atoms with E-state index >= 15 is 0 Å². The first-order valence-corrected chi connectivity index (χ1v) is 8.53. The van der Waals surface area contributed by atoms with Crippen LogP contribution < -0.4 is 4.74 Å². The quantitative estimate of drug-likeness (QED) is 0.517. The highest BCUT2D eigenvalue weighted by atomic mass is 79.9. The molecule has 0 saturated heterocycles. The van der Waals surface area contributed by atoms with Gasteiger partial charge in [0.2, 0.25) is 0 Å². The summed E-state index contributed by atoms with van der Waals surface area (Å²) in [6.45, 7) is 0.702. The fraction of sp³-hybridized carbons (Fsp3) is 0.0952. The molecule has 0 saturated carbocycles. The van der Waals surface area contributed by atoms with Crippen molar-refractivity contribution >= 4 is 22.1 Å². The Bertz CT molecular complexity index is 826. The minimum Gasteiger partial charge on any atom is -0.496 e. The molecule has 3 aromatic carbocycles. The zero-order chi connectivity index (χ0) is 16.8. The van der Waals surface area contributed by atoms with Gasteiger partial charge >= 0.3 is 0 Å². The van der Waals surface area contributed by atoms with Crippen molar-refractivity contribution in [3.05, 3.63) is 88.4 Å². The molecule has 0 aliphatic rings. The molecule has 120 valence electrons. The van der Waals surface area contributed by atoms with Gasteiger partial charge in [-0.2, -0.15) is 0 Å². The maximum Gasteiger partial charge on any atom is 0.133 e. The Labute approximate surface area is 151 Å². The summed E-state index contributed by atoms with van der Waals surface area (Å²) in [5, 5.41) is 0. The molecule has 3 rings (SSSR count). The molecule has 0 radical (unpaired) electrons. The van der Waals surface area contributed by atoms with Crippen molar-refractivity contribution in [2.45, 2.75) is 6.54 Å². The Morgan fingerprint density at radius 2 is 1.62 bits per heavy atom. The zero-order valence-corrected chi connectivity index (χ0v) is 15.0. The largest absolute Gasteiger partial charge is 0.496 e. The smallest absolute Gasteiger partial charge is 0.133 e. The second-order valence-electron chi connectivity index (χ2n) is 5.43. The Balaban J connectivity index is 1.70. The summed E-state index contributed by atoms with van der Waals surface area (Å²) < 4.78 is 6.23. The first-order chi connectivity index (χ1) is 11.8. The predicted octanol–water partition coefficient (Wildman–Crippen LogP) is 5.74. The maximum absolute atomic E-state index is 5.27. The average molecular weight is 380 g/mol. The lowest BCUT2D eigenvalue weighted by molar-refractivity contribution is 0.412. The van der Waals surface area contributed by atoms with Gasteiger partial charge in [0.05, 0.1) is 18.1 Å². The summed E-state index contributed by atoms with van der Waals surface area (Å²) in [6, 6.07) is 24.7. The van der Waals surface area contributed by atoms with Gasteiger partial charge in [-0.15, -0.1) is 0 Å². The van der Waals surface area contributed by atoms with Crippen LogP contribution in [0.15, 0.2) is 82.3 Å². The summed E-state index contributed by atoms with van der Waals surface area (Å²) in [4.78, 5) is 4.50. The first kappa shape index (κ1) is 16.5. The van der Waals surface area contributed by atoms with Gasteiger partial charge in [-0.05, 0) is 50.3 Å². The average Bonchev–Trinajstić information content (AvgIpc) is 2.63. The number of nitrogens with zero attached hydrogens (tertiary/aromatic N) is 1. The topological polar surface area (TPSA) is 21.6 Å². The summed E-state index contributed by atoms with van der Waals surface area (Å²) in [7, 11) is 1.67. The number of rotatable bonds is 5. The van der Waals surface area contributed by atoms with Crippen LogP contribution in [0, 0.1) is 0 Å². The van der Waals surface area contributed by atoms with E-state index in [1.54, 1.807) is 7.11 Å². The van der Waals surface area contributed by atoms with Crippen molar-refractivity contribution in [3.8, 4) is 16.9 Å². The van der Waals surface area contributed by atoms with Crippen molar-refractivity contribution in [2.24, 2.45) is 4.99 Å². The van der Waals surface area contributed by atoms with Crippen LogP contribution in [-0.4, -0.2) is 13.3 Å². The molecule has 0 spiro atoms. The number of halogens is 1. The Morgan fingerprint density at radius 1 is 0.917 bits per heavy atom. The second kappa shape index (κ2) is 7.93. The van der Waals surface area contributed by atoms with Crippen LogP contribution in [0.3, 0.4) is 0 Å². The van der Waals surface area contributed by atoms with Crippen LogP contribution in [0.2, 0.25) is 0 Å². The van der Waals surface area contributed by atoms with E-state index in [2.05, 4.69) is 69.5 Å². The van der Waals surface area contributed by atoms with Crippen LogP contribution in [0.5, 0.6) is 5.75 Å². The van der Waals surface area contributed by atoms with Crippen molar-refractivity contribution in [1.82, 2.24) is 0 Å². The third-order valence-corrected chi connectivity index (χ3v) is 4.37. The predicted molar refractivity (Wildman–Crippen MR) is 104 cm³/mol. The molecule has 0 bridgehead atoms. The molecule has 0 N–H and O–H groups in total. The third-order valence-electron chi connectivity index (χ3n) is 3.75. The lowest BCUT2D eigenvalue weighted by Crippen LogP contribution is -1.87. The van der Waals surface area contributed by atoms with Crippen molar-refractivity contribution < 1.29 is 4.74 Å². The Hall–Kier alpha value is -2.39. The number of hydrogen-bond donors (Lipinski definition) is 0. The van der Waals surface area contributed by atoms with Gasteiger partial charge in [0.1, 0.15) is 5.75 Å². The summed E-state index contributed by atoms with van der Waals surface area (Å²) in [6.07, 6.45) is 1.92. The Morgan fingerprint density at radius 3 is 2.29 bits per heavy atom. The van der Waals surface area contributed by atoms with E-state index in [9.17, 15) is 0 Å². The van der Waals surface area contributed by atoms with E-state index in [0.29, 0.717) is 6.54 Å². The van der Waals surface area contributed by atoms with Crippen LogP contribution >= 0.6 is 15.9 Å². The highest BCUT2D eigenvalue weighted by Gasteiger charge is 2.03. The fourth-order valence-corrected chi connectivity index (χ4v) is 2.99. The van der Waals surface area contributed by atoms with E-state index in [1.165, 1.54) is 11.1 Å². The third kappa shape index (κ3) is 4.12. The van der Waals surface area contributed by atoms with Crippen molar-refractivity contribution in [2.75, 3.05) is 7.11 Å². The molecule has 24 heavy (non-hydrogen) atoms. The van der Waals surface area contributed by atoms with E-state index in [0.717, 1.165) is 21.3 Å². The van der Waals surface area contributed by atoms with Gasteiger partial charge in [0, 0.05) is 6.21 Å². The first-order valence-electron chi connectivity index (χ1n) is 7.74. The standard InChI is InChI=1S/C21H18BrNO/c1-24-21-12-11-19(13-20(21)22)18-9-7-17(8-10-18)15-23-14-16-5-3-2-4-6-16/h2-13,15H,14H2,1H3. The van der Waals surface area contributed by atoms with Crippen LogP contribution in [0.4, 0.5) is 0 Å². The molecule has 0 aliphatic heterocycles. The van der Waals surface area contributed by atoms with Gasteiger partial charge in [0.15, 0.2) is 0 Å². The van der Waals surface area contributed by atoms with Crippen LogP contribution in [0.25, 0.3) is 11.1 Å². The molecule has 0 heterocycles. The van der Waals surface area contributed by atoms with Gasteiger partial charge in [-0.25, -0.2) is 0 Å². The molecular weight excluding hydrogens is 362 g/mol. The zero-order valence-electron chi connectivity index (χ0n) is 13.4. The molecule has 0 atom stereocenters. The number of hydrogen-bond acceptors (Lipinski definition) is 2. The van der Waals surface area contributed by atoms with Crippen LogP contribution in [-0.2, 0) is 6.54 Å². The highest BCUT2D eigenvalue weighted by molar-refractivity contribution is 9.10. The van der Waals surface area contributed by atoms with Gasteiger partial charge in [-0.1, -0.05) is 60.7 Å². The second-order valence-corrected chi connectivity index (χ2v) is 6.28. The molecule has 2 nitrogen and oxygen atoms in total. The van der Waals surface area contributed by atoms with Gasteiger partial charge in [0.25, 0.3) is 0 Å². The molecule has 3 heteroatoms. The normalized spacial score (nSPS) is 10.9. The molecule has 0 fully saturated rings. The fourth-order valence-electron chi connectivity index (χ4n) is 2.45. The maximum atomic E-state index is 5.27. The highest BCUT2D eigenvalue weighted by Crippen LogP contribution is 2.30. The summed E-state index contributed by atoms with van der Waals surface area (Å²) >= 11 is 3.53. The molecule has 0 amide bonds. The number of aliphatic imine (C=N–C) groups is 1. The van der Waals surface area contributed by atoms with Gasteiger partial charge in [-0.3, -0.25) is 4.99 Å². The SMILES string of the molecule is COc1ccc(-c2ccc(C=NCc3ccccc3)cc2)cc1Br. The molecule has 0 aliphatic carbocycles. The molecule has 0 unspecified atom stereocenters. The summed E-state index contributed by atoms with van der Waals surface area (Å²) in [5.74, 6) is 0.836. The van der Waals surface area contributed by atoms with E-state index < -0.39 is 0 Å². The lowest BCUT2D eigenvalue weighted by Gasteiger charge is -2.07. The van der Waals surface area contributed by atoms with Crippen molar-refractivity contribution in [3.63, 3.8) is 0 Å².